The summed E-state index contributed by atoms with van der Waals surface area (Å²) >= 11 is 1.25. The highest BCUT2D eigenvalue weighted by Crippen LogP contribution is 2.57. The number of nitrogens with one attached hydrogen (secondary N) is 1. The third-order valence-corrected chi connectivity index (χ3v) is 9.70. The second-order valence-electron chi connectivity index (χ2n) is 12.9. The molecule has 3 aliphatic carbocycles. The van der Waals surface area contributed by atoms with Crippen LogP contribution < -0.4 is 20.5 Å². The predicted molar refractivity (Wildman–Crippen MR) is 162 cm³/mol. The van der Waals surface area contributed by atoms with E-state index in [1.54, 1.807) is 20.0 Å². The van der Waals surface area contributed by atoms with Gasteiger partial charge >= 0.3 is 0 Å². The summed E-state index contributed by atoms with van der Waals surface area (Å²) in [5.74, 6) is 0.685. The zero-order valence-electron chi connectivity index (χ0n) is 24.2. The number of amides is 2. The Hall–Kier alpha value is -3.96. The number of nitrogens with two attached hydrogens (primary N) is 1. The summed E-state index contributed by atoms with van der Waals surface area (Å²) in [6.45, 7) is 3.59. The lowest BCUT2D eigenvalue weighted by molar-refractivity contribution is -0.0845. The van der Waals surface area contributed by atoms with Gasteiger partial charge in [-0.1, -0.05) is 30.3 Å². The molecule has 0 aliphatic heterocycles. The van der Waals surface area contributed by atoms with Crippen molar-refractivity contribution in [3.8, 4) is 22.2 Å². The maximum atomic E-state index is 13.3. The number of primary amides is 1. The highest BCUT2D eigenvalue weighted by molar-refractivity contribution is 7.17. The minimum Gasteiger partial charge on any atom is -0.489 e. The van der Waals surface area contributed by atoms with Crippen LogP contribution in [-0.4, -0.2) is 55.9 Å². The number of hydrogen-bond acceptors (Lipinski definition) is 8. The summed E-state index contributed by atoms with van der Waals surface area (Å²) in [7, 11) is 0. The van der Waals surface area contributed by atoms with Crippen molar-refractivity contribution in [2.75, 3.05) is 6.61 Å². The highest BCUT2D eigenvalue weighted by Gasteiger charge is 2.54. The number of fused-ring (bicyclic) bond motifs is 1. The molecule has 1 aromatic carbocycles. The number of aromatic nitrogens is 3. The van der Waals surface area contributed by atoms with Crippen molar-refractivity contribution in [1.29, 1.82) is 0 Å². The van der Waals surface area contributed by atoms with Crippen molar-refractivity contribution in [2.45, 2.75) is 76.0 Å². The first-order chi connectivity index (χ1) is 20.6. The lowest BCUT2D eigenvalue weighted by Gasteiger charge is -2.57. The predicted octanol–water partition coefficient (Wildman–Crippen LogP) is 4.70. The lowest BCUT2D eigenvalue weighted by atomic mass is 9.53. The highest BCUT2D eigenvalue weighted by atomic mass is 32.1. The molecule has 0 radical (unpaired) electrons. The van der Waals surface area contributed by atoms with Gasteiger partial charge in [-0.3, -0.25) is 9.59 Å². The van der Waals surface area contributed by atoms with Gasteiger partial charge in [0.25, 0.3) is 11.8 Å². The van der Waals surface area contributed by atoms with Crippen LogP contribution in [0.25, 0.3) is 16.1 Å². The van der Waals surface area contributed by atoms with E-state index in [0.717, 1.165) is 55.3 Å². The first kappa shape index (κ1) is 27.8. The molecule has 4 N–H and O–H groups in total. The van der Waals surface area contributed by atoms with Crippen LogP contribution in [0, 0.1) is 5.41 Å². The zero-order chi connectivity index (χ0) is 29.9. The fraction of sp³-hybridized carbons (Fsp3) is 0.438. The van der Waals surface area contributed by atoms with Gasteiger partial charge in [0.15, 0.2) is 4.88 Å². The molecule has 11 heteroatoms. The largest absolute Gasteiger partial charge is 0.489 e. The van der Waals surface area contributed by atoms with Crippen molar-refractivity contribution < 1.29 is 24.2 Å². The standard InChI is InChI=1S/C32H35N5O5S/c1-31(2,40)17-41-24-11-10-23-22(16-34-37(23)25(24)18-8-9-18)28(39)35-20-12-32(13-20)14-21(15-32)42-29-26(27(33)38)43-30(36-29)19-6-4-3-5-7-19/h3-7,10-11,16,18,20-21,40H,8-9,12-15,17H2,1-2H3,(H2,33,38)(H,35,39)/t20-,21-,32?. The molecule has 3 aliphatic rings. The molecule has 10 nitrogen and oxygen atoms in total. The average Bonchev–Trinajstić information content (AvgIpc) is 3.52. The molecule has 3 saturated carbocycles. The minimum atomic E-state index is -0.948. The van der Waals surface area contributed by atoms with E-state index in [1.807, 2.05) is 47.0 Å². The second kappa shape index (κ2) is 10.3. The molecule has 0 atom stereocenters. The second-order valence-corrected chi connectivity index (χ2v) is 13.9. The van der Waals surface area contributed by atoms with Crippen molar-refractivity contribution in [3.05, 3.63) is 64.8 Å². The normalized spacial score (nSPS) is 23.0. The Morgan fingerprint density at radius 2 is 1.88 bits per heavy atom. The molecule has 7 rings (SSSR count). The Balaban J connectivity index is 0.966. The molecule has 0 unspecified atom stereocenters. The molecule has 3 heterocycles. The van der Waals surface area contributed by atoms with E-state index in [9.17, 15) is 14.7 Å². The van der Waals surface area contributed by atoms with Gasteiger partial charge in [0.1, 0.15) is 23.5 Å². The van der Waals surface area contributed by atoms with Gasteiger partial charge in [-0.15, -0.1) is 11.3 Å². The first-order valence-electron chi connectivity index (χ1n) is 14.8. The van der Waals surface area contributed by atoms with Crippen LogP contribution in [-0.2, 0) is 0 Å². The third kappa shape index (κ3) is 5.47. The smallest absolute Gasteiger partial charge is 0.264 e. The molecule has 2 amide bonds. The number of pyridine rings is 1. The maximum Gasteiger partial charge on any atom is 0.264 e. The Kier molecular flexibility index (Phi) is 6.70. The van der Waals surface area contributed by atoms with Gasteiger partial charge in [0.05, 0.1) is 28.6 Å². The summed E-state index contributed by atoms with van der Waals surface area (Å²) in [4.78, 5) is 30.3. The summed E-state index contributed by atoms with van der Waals surface area (Å²) in [6, 6.07) is 13.5. The van der Waals surface area contributed by atoms with Crippen LogP contribution in [0.4, 0.5) is 0 Å². The van der Waals surface area contributed by atoms with E-state index >= 15 is 0 Å². The number of hydrogen-bond donors (Lipinski definition) is 3. The molecule has 4 aromatic rings. The molecule has 3 fully saturated rings. The van der Waals surface area contributed by atoms with E-state index < -0.39 is 11.5 Å². The van der Waals surface area contributed by atoms with Crippen LogP contribution in [0.15, 0.2) is 48.7 Å². The SMILES string of the molecule is CC(C)(O)COc1ccc2c(C(=O)N[C@H]3CC4(C3)C[C@H](Oc3nc(-c5ccccc5)sc3C(N)=O)C4)cnn2c1C1CC1. The summed E-state index contributed by atoms with van der Waals surface area (Å²) in [6.07, 6.45) is 7.17. The number of carbonyl (C=O) groups is 2. The number of nitrogens with zero attached hydrogens (tertiary/aromatic N) is 3. The Morgan fingerprint density at radius 1 is 1.14 bits per heavy atom. The average molecular weight is 602 g/mol. The third-order valence-electron chi connectivity index (χ3n) is 8.60. The molecule has 3 aromatic heterocycles. The van der Waals surface area contributed by atoms with E-state index in [4.69, 9.17) is 15.2 Å². The van der Waals surface area contributed by atoms with Gasteiger partial charge in [0, 0.05) is 17.5 Å². The van der Waals surface area contributed by atoms with Crippen molar-refractivity contribution in [1.82, 2.24) is 19.9 Å². The first-order valence-corrected chi connectivity index (χ1v) is 15.6. The number of benzene rings is 1. The monoisotopic (exact) mass is 601 g/mol. The molecule has 0 bridgehead atoms. The van der Waals surface area contributed by atoms with Crippen LogP contribution in [0.2, 0.25) is 0 Å². The quantitative estimate of drug-likeness (QED) is 0.239. The Bertz CT molecular complexity index is 1690. The van der Waals surface area contributed by atoms with Crippen LogP contribution in [0.5, 0.6) is 11.6 Å². The molecular formula is C32H35N5O5S. The van der Waals surface area contributed by atoms with Crippen molar-refractivity contribution >= 4 is 28.7 Å². The van der Waals surface area contributed by atoms with Crippen LogP contribution >= 0.6 is 11.3 Å². The van der Waals surface area contributed by atoms with E-state index in [1.165, 1.54) is 11.3 Å². The molecule has 1 spiro atoms. The van der Waals surface area contributed by atoms with Gasteiger partial charge < -0.3 is 25.6 Å². The number of rotatable bonds is 10. The van der Waals surface area contributed by atoms with Crippen LogP contribution in [0.1, 0.15) is 84.0 Å². The van der Waals surface area contributed by atoms with Gasteiger partial charge in [-0.25, -0.2) is 9.50 Å². The maximum absolute atomic E-state index is 13.3. The molecular weight excluding hydrogens is 566 g/mol. The lowest BCUT2D eigenvalue weighted by Crippen LogP contribution is -2.58. The van der Waals surface area contributed by atoms with E-state index in [2.05, 4.69) is 15.4 Å². The number of thiazole rings is 1. The fourth-order valence-electron chi connectivity index (χ4n) is 6.41. The number of ether oxygens (including phenoxy) is 2. The number of aliphatic hydroxyl groups is 1. The minimum absolute atomic E-state index is 0.0336. The molecule has 224 valence electrons. The molecule has 43 heavy (non-hydrogen) atoms. The fourth-order valence-corrected chi connectivity index (χ4v) is 7.27. The van der Waals surface area contributed by atoms with E-state index in [0.29, 0.717) is 33.0 Å². The van der Waals surface area contributed by atoms with Crippen molar-refractivity contribution in [3.63, 3.8) is 0 Å². The number of carbonyl (C=O) groups excluding carboxylic acids is 2. The topological polar surface area (TPSA) is 141 Å². The van der Waals surface area contributed by atoms with Crippen molar-refractivity contribution in [2.24, 2.45) is 11.1 Å². The van der Waals surface area contributed by atoms with Gasteiger partial charge in [0.2, 0.25) is 5.88 Å². The van der Waals surface area contributed by atoms with Gasteiger partial charge in [-0.2, -0.15) is 5.10 Å². The van der Waals surface area contributed by atoms with Gasteiger partial charge in [-0.05, 0) is 69.9 Å². The van der Waals surface area contributed by atoms with E-state index in [-0.39, 0.29) is 30.1 Å². The Labute approximate surface area is 253 Å². The summed E-state index contributed by atoms with van der Waals surface area (Å²) < 4.78 is 13.9. The van der Waals surface area contributed by atoms with Crippen LogP contribution in [0.3, 0.4) is 0 Å². The summed E-state index contributed by atoms with van der Waals surface area (Å²) in [5, 5.41) is 18.6. The Morgan fingerprint density at radius 3 is 2.56 bits per heavy atom. The summed E-state index contributed by atoms with van der Waals surface area (Å²) in [5.41, 5.74) is 7.99. The molecule has 0 saturated heterocycles. The zero-order valence-corrected chi connectivity index (χ0v) is 25.0.